The summed E-state index contributed by atoms with van der Waals surface area (Å²) in [6.07, 6.45) is 3.51. The Morgan fingerprint density at radius 1 is 0.789 bits per heavy atom. The first kappa shape index (κ1) is 32.3. The van der Waals surface area contributed by atoms with Crippen molar-refractivity contribution in [1.29, 1.82) is 0 Å². The first-order valence-electron chi connectivity index (χ1n) is 13.1. The molecule has 13 heteroatoms. The molecular formula is C25H42N6O7. The summed E-state index contributed by atoms with van der Waals surface area (Å²) in [6.45, 7) is 4.36. The Hall–Kier alpha value is -3.77. The van der Waals surface area contributed by atoms with Gasteiger partial charge in [-0.15, -0.1) is 0 Å². The van der Waals surface area contributed by atoms with Gasteiger partial charge in [-0.1, -0.05) is 13.8 Å². The molecule has 1 aromatic rings. The van der Waals surface area contributed by atoms with E-state index in [1.54, 1.807) is 13.8 Å². The number of unbranched alkanes of at least 4 members (excludes halogenated alkanes) is 2. The second kappa shape index (κ2) is 17.6. The quantitative estimate of drug-likeness (QED) is 0.121. The normalized spacial score (nSPS) is 12.3. The van der Waals surface area contributed by atoms with Crippen molar-refractivity contribution in [1.82, 2.24) is 25.8 Å². The highest BCUT2D eigenvalue weighted by Crippen LogP contribution is 2.20. The molecule has 0 aliphatic rings. The van der Waals surface area contributed by atoms with Gasteiger partial charge in [0.25, 0.3) is 0 Å². The van der Waals surface area contributed by atoms with Gasteiger partial charge in [0.05, 0.1) is 0 Å². The number of nitrogens with one attached hydrogen (secondary N) is 4. The molecule has 38 heavy (non-hydrogen) atoms. The number of aromatic hydroxyl groups is 2. The number of rotatable bonds is 19. The summed E-state index contributed by atoms with van der Waals surface area (Å²) in [5.41, 5.74) is 5.47. The topological polar surface area (TPSA) is 205 Å². The number of amides is 5. The first-order chi connectivity index (χ1) is 18.1. The van der Waals surface area contributed by atoms with Crippen molar-refractivity contribution in [2.75, 3.05) is 13.1 Å². The van der Waals surface area contributed by atoms with E-state index in [1.165, 1.54) is 16.7 Å². The molecule has 0 aliphatic heterocycles. The number of nitrogens with two attached hydrogens (primary N) is 1. The standard InChI is InChI=1S/C25H42N6O7/c1-3-19(32)27-14-8-6-10-18(29-20(33)4-2)25(38)30-17(24(26)37)9-5-7-15-28-21(34)13-16-31-22(35)11-12-23(31)36/h11-12,17-18,35-36H,3-10,13-16H2,1-2H3,(H2,26,37)(H,27,32)(H,28,34)(H,29,33)(H,30,38). The first-order valence-corrected chi connectivity index (χ1v) is 13.1. The molecule has 5 amide bonds. The highest BCUT2D eigenvalue weighted by molar-refractivity contribution is 5.91. The van der Waals surface area contributed by atoms with E-state index in [-0.39, 0.29) is 55.3 Å². The van der Waals surface area contributed by atoms with E-state index in [1.807, 2.05) is 0 Å². The molecule has 0 fully saturated rings. The maximum Gasteiger partial charge on any atom is 0.243 e. The van der Waals surface area contributed by atoms with E-state index in [0.29, 0.717) is 51.6 Å². The Balaban J connectivity index is 2.44. The lowest BCUT2D eigenvalue weighted by Gasteiger charge is -2.22. The van der Waals surface area contributed by atoms with E-state index in [4.69, 9.17) is 5.73 Å². The Kier molecular flexibility index (Phi) is 15.0. The summed E-state index contributed by atoms with van der Waals surface area (Å²) in [4.78, 5) is 60.0. The third-order valence-electron chi connectivity index (χ3n) is 5.93. The van der Waals surface area contributed by atoms with Gasteiger partial charge in [-0.2, -0.15) is 0 Å². The predicted octanol–water partition coefficient (Wildman–Crippen LogP) is 0.137. The fourth-order valence-corrected chi connectivity index (χ4v) is 3.63. The molecule has 0 spiro atoms. The average molecular weight is 539 g/mol. The second-order valence-corrected chi connectivity index (χ2v) is 8.93. The van der Waals surface area contributed by atoms with Crippen molar-refractivity contribution in [2.24, 2.45) is 5.73 Å². The molecule has 0 saturated heterocycles. The minimum atomic E-state index is -0.928. The van der Waals surface area contributed by atoms with Gasteiger partial charge in [0.2, 0.25) is 29.5 Å². The van der Waals surface area contributed by atoms with E-state index in [0.717, 1.165) is 0 Å². The minimum Gasteiger partial charge on any atom is -0.494 e. The zero-order valence-corrected chi connectivity index (χ0v) is 22.3. The van der Waals surface area contributed by atoms with E-state index < -0.39 is 23.9 Å². The minimum absolute atomic E-state index is 0.0556. The summed E-state index contributed by atoms with van der Waals surface area (Å²) in [6, 6.07) is 0.903. The van der Waals surface area contributed by atoms with Crippen molar-refractivity contribution < 1.29 is 34.2 Å². The van der Waals surface area contributed by atoms with Gasteiger partial charge in [0.1, 0.15) is 12.1 Å². The Morgan fingerprint density at radius 3 is 1.84 bits per heavy atom. The van der Waals surface area contributed by atoms with Crippen molar-refractivity contribution in [3.8, 4) is 11.8 Å². The molecule has 2 atom stereocenters. The SMILES string of the molecule is CCC(=O)NCCCCC(NC(=O)CC)C(=O)NC(CCCCNC(=O)CCn1c(O)ccc1O)C(N)=O. The van der Waals surface area contributed by atoms with Gasteiger partial charge in [-0.25, -0.2) is 0 Å². The number of hydrogen-bond donors (Lipinski definition) is 7. The van der Waals surface area contributed by atoms with Gasteiger partial charge in [0, 0.05) is 51.0 Å². The summed E-state index contributed by atoms with van der Waals surface area (Å²) < 4.78 is 1.21. The van der Waals surface area contributed by atoms with Crippen LogP contribution in [0.1, 0.15) is 71.6 Å². The number of carbonyl (C=O) groups is 5. The lowest BCUT2D eigenvalue weighted by Crippen LogP contribution is -2.52. The van der Waals surface area contributed by atoms with Gasteiger partial charge in [0.15, 0.2) is 11.8 Å². The number of aromatic nitrogens is 1. The molecular weight excluding hydrogens is 496 g/mol. The Bertz CT molecular complexity index is 914. The summed E-state index contributed by atoms with van der Waals surface area (Å²) in [7, 11) is 0. The molecule has 1 rings (SSSR count). The average Bonchev–Trinajstić information content (AvgIpc) is 3.21. The second-order valence-electron chi connectivity index (χ2n) is 8.93. The van der Waals surface area contributed by atoms with Crippen LogP contribution in [-0.4, -0.2) is 69.5 Å². The van der Waals surface area contributed by atoms with Gasteiger partial charge >= 0.3 is 0 Å². The molecule has 214 valence electrons. The van der Waals surface area contributed by atoms with Gasteiger partial charge < -0.3 is 37.2 Å². The van der Waals surface area contributed by atoms with Gasteiger partial charge in [-0.3, -0.25) is 28.5 Å². The fraction of sp³-hybridized carbons (Fsp3) is 0.640. The van der Waals surface area contributed by atoms with Gasteiger partial charge in [-0.05, 0) is 38.5 Å². The molecule has 0 aromatic carbocycles. The Morgan fingerprint density at radius 2 is 1.32 bits per heavy atom. The third-order valence-corrected chi connectivity index (χ3v) is 5.93. The molecule has 0 saturated carbocycles. The fourth-order valence-electron chi connectivity index (χ4n) is 3.63. The molecule has 0 aliphatic carbocycles. The summed E-state index contributed by atoms with van der Waals surface area (Å²) in [5.74, 6) is -2.08. The van der Waals surface area contributed by atoms with Crippen LogP contribution in [0.3, 0.4) is 0 Å². The van der Waals surface area contributed by atoms with E-state index in [2.05, 4.69) is 21.3 Å². The highest BCUT2D eigenvalue weighted by atomic mass is 16.3. The van der Waals surface area contributed by atoms with Crippen LogP contribution in [0.2, 0.25) is 0 Å². The zero-order chi connectivity index (χ0) is 28.5. The molecule has 0 radical (unpaired) electrons. The van der Waals surface area contributed by atoms with Crippen molar-refractivity contribution in [3.63, 3.8) is 0 Å². The smallest absolute Gasteiger partial charge is 0.243 e. The molecule has 2 unspecified atom stereocenters. The van der Waals surface area contributed by atoms with Crippen LogP contribution in [0, 0.1) is 0 Å². The Labute approximate surface area is 222 Å². The van der Waals surface area contributed by atoms with Crippen LogP contribution >= 0.6 is 0 Å². The van der Waals surface area contributed by atoms with Crippen LogP contribution in [0.4, 0.5) is 0 Å². The summed E-state index contributed by atoms with van der Waals surface area (Å²) in [5, 5.41) is 30.0. The largest absolute Gasteiger partial charge is 0.494 e. The highest BCUT2D eigenvalue weighted by Gasteiger charge is 2.25. The number of hydrogen-bond acceptors (Lipinski definition) is 7. The molecule has 1 heterocycles. The molecule has 13 nitrogen and oxygen atoms in total. The maximum absolute atomic E-state index is 12.8. The van der Waals surface area contributed by atoms with Crippen LogP contribution in [0.15, 0.2) is 12.1 Å². The number of nitrogens with zero attached hydrogens (tertiary/aromatic N) is 1. The van der Waals surface area contributed by atoms with Crippen LogP contribution in [-0.2, 0) is 30.5 Å². The van der Waals surface area contributed by atoms with Crippen molar-refractivity contribution >= 4 is 29.5 Å². The van der Waals surface area contributed by atoms with Crippen LogP contribution < -0.4 is 27.0 Å². The van der Waals surface area contributed by atoms with Crippen LogP contribution in [0.25, 0.3) is 0 Å². The monoisotopic (exact) mass is 538 g/mol. The predicted molar refractivity (Wildman–Crippen MR) is 140 cm³/mol. The lowest BCUT2D eigenvalue weighted by atomic mass is 10.1. The van der Waals surface area contributed by atoms with E-state index >= 15 is 0 Å². The summed E-state index contributed by atoms with van der Waals surface area (Å²) >= 11 is 0. The molecule has 8 N–H and O–H groups in total. The number of primary amides is 1. The van der Waals surface area contributed by atoms with Crippen molar-refractivity contribution in [2.45, 2.75) is 90.3 Å². The number of carbonyl (C=O) groups excluding carboxylic acids is 5. The van der Waals surface area contributed by atoms with Crippen LogP contribution in [0.5, 0.6) is 11.8 Å². The van der Waals surface area contributed by atoms with Crippen molar-refractivity contribution in [3.05, 3.63) is 12.1 Å². The zero-order valence-electron chi connectivity index (χ0n) is 22.3. The third kappa shape index (κ3) is 12.5. The van der Waals surface area contributed by atoms with E-state index in [9.17, 15) is 34.2 Å². The lowest BCUT2D eigenvalue weighted by molar-refractivity contribution is -0.131. The molecule has 1 aromatic heterocycles. The molecule has 0 bridgehead atoms. The maximum atomic E-state index is 12.8.